The summed E-state index contributed by atoms with van der Waals surface area (Å²) in [5.41, 5.74) is 3.16. The summed E-state index contributed by atoms with van der Waals surface area (Å²) in [6.07, 6.45) is 0. The van der Waals surface area contributed by atoms with E-state index in [9.17, 15) is 0 Å². The van der Waals surface area contributed by atoms with Crippen LogP contribution in [0.4, 0.5) is 11.4 Å². The Morgan fingerprint density at radius 1 is 1.12 bits per heavy atom. The van der Waals surface area contributed by atoms with Gasteiger partial charge in [-0.1, -0.05) is 17.7 Å². The first kappa shape index (κ1) is 11.8. The minimum atomic E-state index is 0.723. The second-order valence-corrected chi connectivity index (χ2v) is 4.25. The van der Waals surface area contributed by atoms with E-state index in [0.717, 1.165) is 27.7 Å². The lowest BCUT2D eigenvalue weighted by Gasteiger charge is -2.11. The SMILES string of the molecule is COc1ccc(Nc2cccc(Cl)c2)c(C)c1. The van der Waals surface area contributed by atoms with Crippen molar-refractivity contribution < 1.29 is 4.74 Å². The van der Waals surface area contributed by atoms with Crippen LogP contribution >= 0.6 is 11.6 Å². The summed E-state index contributed by atoms with van der Waals surface area (Å²) < 4.78 is 5.17. The first-order valence-electron chi connectivity index (χ1n) is 5.36. The molecule has 0 spiro atoms. The molecule has 2 rings (SSSR count). The number of hydrogen-bond donors (Lipinski definition) is 1. The number of aryl methyl sites for hydroxylation is 1. The van der Waals surface area contributed by atoms with E-state index in [1.165, 1.54) is 0 Å². The molecule has 0 saturated carbocycles. The van der Waals surface area contributed by atoms with Crippen LogP contribution in [-0.2, 0) is 0 Å². The first-order chi connectivity index (χ1) is 8.19. The molecule has 0 radical (unpaired) electrons. The minimum Gasteiger partial charge on any atom is -0.497 e. The number of ether oxygens (including phenoxy) is 1. The zero-order valence-electron chi connectivity index (χ0n) is 9.83. The zero-order valence-corrected chi connectivity index (χ0v) is 10.6. The van der Waals surface area contributed by atoms with E-state index in [0.29, 0.717) is 0 Å². The van der Waals surface area contributed by atoms with Gasteiger partial charge in [-0.15, -0.1) is 0 Å². The van der Waals surface area contributed by atoms with Gasteiger partial charge in [0.05, 0.1) is 7.11 Å². The van der Waals surface area contributed by atoms with Crippen LogP contribution in [0.15, 0.2) is 42.5 Å². The summed E-state index contributed by atoms with van der Waals surface area (Å²) in [5.74, 6) is 0.860. The molecule has 0 fully saturated rings. The van der Waals surface area contributed by atoms with Crippen LogP contribution < -0.4 is 10.1 Å². The predicted molar refractivity (Wildman–Crippen MR) is 72.5 cm³/mol. The summed E-state index contributed by atoms with van der Waals surface area (Å²) in [4.78, 5) is 0. The standard InChI is InChI=1S/C14H14ClNO/c1-10-8-13(17-2)6-7-14(10)16-12-5-3-4-11(15)9-12/h3-9,16H,1-2H3. The molecule has 17 heavy (non-hydrogen) atoms. The maximum atomic E-state index is 5.94. The van der Waals surface area contributed by atoms with Crippen LogP contribution in [0.25, 0.3) is 0 Å². The smallest absolute Gasteiger partial charge is 0.119 e. The molecule has 0 saturated heterocycles. The number of rotatable bonds is 3. The summed E-state index contributed by atoms with van der Waals surface area (Å²) in [5, 5.41) is 4.05. The molecule has 1 N–H and O–H groups in total. The van der Waals surface area contributed by atoms with Crippen molar-refractivity contribution >= 4 is 23.0 Å². The number of hydrogen-bond acceptors (Lipinski definition) is 2. The third kappa shape index (κ3) is 2.92. The molecule has 0 aliphatic heterocycles. The molecule has 0 heterocycles. The highest BCUT2D eigenvalue weighted by Gasteiger charge is 2.01. The van der Waals surface area contributed by atoms with Crippen molar-refractivity contribution in [3.8, 4) is 5.75 Å². The second-order valence-electron chi connectivity index (χ2n) is 3.82. The summed E-state index contributed by atoms with van der Waals surface area (Å²) in [6, 6.07) is 13.6. The summed E-state index contributed by atoms with van der Waals surface area (Å²) in [7, 11) is 1.67. The van der Waals surface area contributed by atoms with Gasteiger partial charge in [-0.3, -0.25) is 0 Å². The Kier molecular flexibility index (Phi) is 3.55. The van der Waals surface area contributed by atoms with Crippen molar-refractivity contribution in [2.45, 2.75) is 6.92 Å². The van der Waals surface area contributed by atoms with Crippen molar-refractivity contribution in [2.75, 3.05) is 12.4 Å². The van der Waals surface area contributed by atoms with Crippen LogP contribution in [-0.4, -0.2) is 7.11 Å². The predicted octanol–water partition coefficient (Wildman–Crippen LogP) is 4.40. The molecule has 2 nitrogen and oxygen atoms in total. The Morgan fingerprint density at radius 3 is 2.59 bits per heavy atom. The largest absolute Gasteiger partial charge is 0.497 e. The summed E-state index contributed by atoms with van der Waals surface area (Å²) >= 11 is 5.94. The van der Waals surface area contributed by atoms with Gasteiger partial charge in [0.1, 0.15) is 5.75 Å². The lowest BCUT2D eigenvalue weighted by Crippen LogP contribution is -1.93. The Hall–Kier alpha value is -1.67. The van der Waals surface area contributed by atoms with Crippen molar-refractivity contribution in [2.24, 2.45) is 0 Å². The highest BCUT2D eigenvalue weighted by atomic mass is 35.5. The van der Waals surface area contributed by atoms with Gasteiger partial charge < -0.3 is 10.1 Å². The van der Waals surface area contributed by atoms with E-state index in [-0.39, 0.29) is 0 Å². The molecule has 88 valence electrons. The highest BCUT2D eigenvalue weighted by molar-refractivity contribution is 6.30. The van der Waals surface area contributed by atoms with Crippen LogP contribution in [0, 0.1) is 6.92 Å². The Morgan fingerprint density at radius 2 is 1.94 bits per heavy atom. The van der Waals surface area contributed by atoms with Crippen molar-refractivity contribution in [1.29, 1.82) is 0 Å². The van der Waals surface area contributed by atoms with Gasteiger partial charge in [0.25, 0.3) is 0 Å². The third-order valence-electron chi connectivity index (χ3n) is 2.54. The first-order valence-corrected chi connectivity index (χ1v) is 5.74. The molecule has 2 aromatic carbocycles. The maximum absolute atomic E-state index is 5.94. The zero-order chi connectivity index (χ0) is 12.3. The molecule has 3 heteroatoms. The topological polar surface area (TPSA) is 21.3 Å². The van der Waals surface area contributed by atoms with E-state index in [1.54, 1.807) is 7.11 Å². The highest BCUT2D eigenvalue weighted by Crippen LogP contribution is 2.25. The molecular weight excluding hydrogens is 234 g/mol. The normalized spacial score (nSPS) is 10.1. The lowest BCUT2D eigenvalue weighted by atomic mass is 10.2. The third-order valence-corrected chi connectivity index (χ3v) is 2.77. The lowest BCUT2D eigenvalue weighted by molar-refractivity contribution is 0.414. The Balaban J connectivity index is 2.24. The molecule has 0 aliphatic rings. The monoisotopic (exact) mass is 247 g/mol. The second kappa shape index (κ2) is 5.11. The van der Waals surface area contributed by atoms with Crippen LogP contribution in [0.2, 0.25) is 5.02 Å². The van der Waals surface area contributed by atoms with Gasteiger partial charge in [0.15, 0.2) is 0 Å². The van der Waals surface area contributed by atoms with Gasteiger partial charge >= 0.3 is 0 Å². The molecule has 0 bridgehead atoms. The summed E-state index contributed by atoms with van der Waals surface area (Å²) in [6.45, 7) is 2.04. The maximum Gasteiger partial charge on any atom is 0.119 e. The van der Waals surface area contributed by atoms with Crippen LogP contribution in [0.3, 0.4) is 0 Å². The average Bonchev–Trinajstić information content (AvgIpc) is 2.32. The van der Waals surface area contributed by atoms with E-state index >= 15 is 0 Å². The molecule has 2 aromatic rings. The molecular formula is C14H14ClNO. The van der Waals surface area contributed by atoms with E-state index in [4.69, 9.17) is 16.3 Å². The van der Waals surface area contributed by atoms with Crippen molar-refractivity contribution in [1.82, 2.24) is 0 Å². The van der Waals surface area contributed by atoms with E-state index in [1.807, 2.05) is 49.4 Å². The number of nitrogens with one attached hydrogen (secondary N) is 1. The molecule has 0 aliphatic carbocycles. The molecule has 0 aromatic heterocycles. The fraction of sp³-hybridized carbons (Fsp3) is 0.143. The minimum absolute atomic E-state index is 0.723. The van der Waals surface area contributed by atoms with Crippen molar-refractivity contribution in [3.63, 3.8) is 0 Å². The molecule has 0 unspecified atom stereocenters. The molecule has 0 amide bonds. The van der Waals surface area contributed by atoms with E-state index < -0.39 is 0 Å². The fourth-order valence-electron chi connectivity index (χ4n) is 1.63. The van der Waals surface area contributed by atoms with E-state index in [2.05, 4.69) is 5.32 Å². The Labute approximate surface area is 106 Å². The van der Waals surface area contributed by atoms with Crippen LogP contribution in [0.1, 0.15) is 5.56 Å². The quantitative estimate of drug-likeness (QED) is 0.868. The van der Waals surface area contributed by atoms with Gasteiger partial charge in [-0.05, 0) is 48.9 Å². The number of benzene rings is 2. The number of anilines is 2. The van der Waals surface area contributed by atoms with Gasteiger partial charge in [0.2, 0.25) is 0 Å². The molecule has 0 atom stereocenters. The number of methoxy groups -OCH3 is 1. The number of halogens is 1. The fourth-order valence-corrected chi connectivity index (χ4v) is 1.82. The van der Waals surface area contributed by atoms with Gasteiger partial charge in [0, 0.05) is 16.4 Å². The van der Waals surface area contributed by atoms with Crippen LogP contribution in [0.5, 0.6) is 5.75 Å². The average molecular weight is 248 g/mol. The van der Waals surface area contributed by atoms with Gasteiger partial charge in [-0.25, -0.2) is 0 Å². The van der Waals surface area contributed by atoms with Gasteiger partial charge in [-0.2, -0.15) is 0 Å². The van der Waals surface area contributed by atoms with Crippen molar-refractivity contribution in [3.05, 3.63) is 53.1 Å². The Bertz CT molecular complexity index is 525.